The molecule has 0 saturated carbocycles. The highest BCUT2D eigenvalue weighted by Gasteiger charge is 2.36. The first-order chi connectivity index (χ1) is 51.2. The van der Waals surface area contributed by atoms with Crippen molar-refractivity contribution in [1.82, 2.24) is 9.55 Å². The Bertz CT molecular complexity index is 4830. The van der Waals surface area contributed by atoms with Gasteiger partial charge in [-0.15, -0.1) is 75.9 Å². The third-order valence-electron chi connectivity index (χ3n) is 15.7. The van der Waals surface area contributed by atoms with E-state index in [4.69, 9.17) is 34.7 Å². The molecule has 1 aliphatic heterocycles. The van der Waals surface area contributed by atoms with Crippen molar-refractivity contribution in [2.24, 2.45) is 5.73 Å². The number of nitrogens with zero attached hydrogens (tertiary/aromatic N) is 2. The number of halogens is 14. The van der Waals surface area contributed by atoms with Gasteiger partial charge in [0.15, 0.2) is 5.78 Å². The molecule has 0 spiro atoms. The van der Waals surface area contributed by atoms with Crippen LogP contribution in [0.5, 0.6) is 23.0 Å². The Kier molecular flexibility index (Phi) is 28.0. The van der Waals surface area contributed by atoms with E-state index in [9.17, 15) is 81.5 Å². The second kappa shape index (κ2) is 36.9. The summed E-state index contributed by atoms with van der Waals surface area (Å²) < 4.78 is 168. The molecule has 2 aliphatic rings. The highest BCUT2D eigenvalue weighted by atomic mass is 35.5. The number of ketones is 3. The minimum Gasteiger partial charge on any atom is -0.406 e. The SMILES string of the molecule is Cc1nc2ccc(OC(F)(F)F)cc2c(=O)n1C(c1ccccc1)c1ccccc1.ClCCl.NC(c1ccccc1)c1ccccc1.Nc1ccc(OC(F)(F)F)cc1C(=O)CC(c1ccccc1)c1ccccc1.O=C1Cc2ccc(OC(F)(F)F)cc2C(=O)O1.O=C1Cc2ccc(OC(F)(F)F)cc2C1=O. The van der Waals surface area contributed by atoms with Crippen molar-refractivity contribution in [2.75, 3.05) is 11.1 Å². The van der Waals surface area contributed by atoms with E-state index in [0.29, 0.717) is 22.5 Å². The Hall–Kier alpha value is -11.8. The lowest BCUT2D eigenvalue weighted by molar-refractivity contribution is -0.275. The number of anilines is 1. The highest BCUT2D eigenvalue weighted by molar-refractivity contribution is 6.47. The number of aryl methyl sites for hydroxylation is 1. The smallest absolute Gasteiger partial charge is 0.406 e. The molecule has 10 aromatic carbocycles. The summed E-state index contributed by atoms with van der Waals surface area (Å²) in [6, 6.07) is 71.0. The van der Waals surface area contributed by atoms with Gasteiger partial charge in [0.2, 0.25) is 11.6 Å². The first-order valence-corrected chi connectivity index (χ1v) is 33.0. The van der Waals surface area contributed by atoms with Crippen molar-refractivity contribution in [1.29, 1.82) is 0 Å². The minimum absolute atomic E-state index is 0.00764. The van der Waals surface area contributed by atoms with Crippen LogP contribution < -0.4 is 36.0 Å². The molecule has 2 heterocycles. The van der Waals surface area contributed by atoms with E-state index in [2.05, 4.69) is 52.9 Å². The van der Waals surface area contributed by atoms with Gasteiger partial charge in [0, 0.05) is 35.6 Å². The number of nitrogens with two attached hydrogens (primary N) is 2. The number of nitrogen functional groups attached to an aromatic ring is 1. The Balaban J connectivity index is 0.000000174. The largest absolute Gasteiger partial charge is 0.573 e. The van der Waals surface area contributed by atoms with Crippen LogP contribution in [0.4, 0.5) is 58.4 Å². The predicted octanol–water partition coefficient (Wildman–Crippen LogP) is 18.7. The number of rotatable bonds is 14. The average Bonchev–Trinajstić information content (AvgIpc) is 0.953. The van der Waals surface area contributed by atoms with Crippen LogP contribution in [0.25, 0.3) is 10.9 Å². The summed E-state index contributed by atoms with van der Waals surface area (Å²) in [6.45, 7) is 1.71. The number of ether oxygens (including phenoxy) is 5. The number of carbonyl (C=O) groups is 5. The molecule has 0 atom stereocenters. The third kappa shape index (κ3) is 24.1. The van der Waals surface area contributed by atoms with Crippen LogP contribution in [0.15, 0.2) is 260 Å². The van der Waals surface area contributed by atoms with Crippen LogP contribution in [0.1, 0.15) is 106 Å². The highest BCUT2D eigenvalue weighted by Crippen LogP contribution is 2.36. The van der Waals surface area contributed by atoms with Crippen molar-refractivity contribution in [3.8, 4) is 23.0 Å². The molecule has 0 unspecified atom stereocenters. The van der Waals surface area contributed by atoms with E-state index >= 15 is 0 Å². The summed E-state index contributed by atoms with van der Waals surface area (Å²) in [5.74, 6) is -5.17. The van der Waals surface area contributed by atoms with Crippen LogP contribution in [0.3, 0.4) is 0 Å². The van der Waals surface area contributed by atoms with E-state index < -0.39 is 83.6 Å². The summed E-state index contributed by atoms with van der Waals surface area (Å²) in [5.41, 5.74) is 18.5. The van der Waals surface area contributed by atoms with Crippen LogP contribution >= 0.6 is 23.2 Å². The van der Waals surface area contributed by atoms with Gasteiger partial charge in [0.25, 0.3) is 5.56 Å². The molecule has 0 fully saturated rings. The maximum atomic E-state index is 13.4. The van der Waals surface area contributed by atoms with E-state index in [0.717, 1.165) is 81.9 Å². The summed E-state index contributed by atoms with van der Waals surface area (Å²) in [4.78, 5) is 75.2. The maximum Gasteiger partial charge on any atom is 0.573 e. The monoisotopic (exact) mass is 1540 g/mol. The standard InChI is InChI=1S/C23H17F3N2O2.C22H18F3NO2.C13H13N.C10H5F3O4.C10H5F3O3.CH2Cl2/c1-15-27-20-13-12-18(30-23(24,25)26)14-19(20)22(29)28(15)21(16-8-4-2-5-9-16)17-10-6-3-7-11-17;23-22(24,25)28-17-11-12-20(26)19(13-17)21(27)14-18(15-7-3-1-4-8-15)16-9-5-2-6-10-16;14-13(11-7-3-1-4-8-11)12-9-5-2-6-10-12;11-10(12,13)17-6-2-1-5-3-8(14)16-9(15)7(5)4-6;11-10(12,13)16-6-2-1-5-3-8(14)9(15)7(5)4-6;2-1-3/h2-14,21H,1H3;1-13,18H,14,26H2;1-10,13H,14H2;1-2,4H,3H2;1-2,4H,3H2;1H2. The van der Waals surface area contributed by atoms with E-state index in [1.54, 1.807) is 6.92 Å². The zero-order chi connectivity index (χ0) is 78.5. The molecule has 1 aromatic heterocycles. The Morgan fingerprint density at radius 2 is 0.843 bits per heavy atom. The van der Waals surface area contributed by atoms with Gasteiger partial charge in [-0.1, -0.05) is 194 Å². The Morgan fingerprint density at radius 1 is 0.481 bits per heavy atom. The summed E-state index contributed by atoms with van der Waals surface area (Å²) >= 11 is 9.53. The second-order valence-electron chi connectivity index (χ2n) is 23.1. The van der Waals surface area contributed by atoms with Crippen LogP contribution in [-0.4, -0.2) is 69.6 Å². The van der Waals surface area contributed by atoms with Gasteiger partial charge in [0.05, 0.1) is 40.3 Å². The number of hydrogen-bond acceptors (Lipinski definition) is 14. The van der Waals surface area contributed by atoms with E-state index in [1.165, 1.54) is 28.8 Å². The molecule has 11 aromatic rings. The molecule has 13 rings (SSSR count). The number of carbonyl (C=O) groups excluding carboxylic acids is 5. The van der Waals surface area contributed by atoms with Gasteiger partial charge >= 0.3 is 37.4 Å². The third-order valence-corrected chi connectivity index (χ3v) is 15.7. The number of aromatic nitrogens is 2. The molecule has 0 radical (unpaired) electrons. The first kappa shape index (κ1) is 81.9. The van der Waals surface area contributed by atoms with Crippen LogP contribution in [0, 0.1) is 6.92 Å². The number of benzene rings is 10. The number of esters is 2. The number of hydrogen-bond donors (Lipinski definition) is 2. The normalized spacial score (nSPS) is 12.4. The fourth-order valence-electron chi connectivity index (χ4n) is 11.1. The topological polar surface area (TPSA) is 218 Å². The lowest BCUT2D eigenvalue weighted by atomic mass is 9.85. The van der Waals surface area contributed by atoms with Gasteiger partial charge in [-0.2, -0.15) is 0 Å². The fourth-order valence-corrected chi connectivity index (χ4v) is 11.1. The van der Waals surface area contributed by atoms with Crippen molar-refractivity contribution in [2.45, 2.75) is 69.6 Å². The van der Waals surface area contributed by atoms with Gasteiger partial charge in [-0.05, 0) is 112 Å². The lowest BCUT2D eigenvalue weighted by Crippen LogP contribution is -2.29. The van der Waals surface area contributed by atoms with Crippen molar-refractivity contribution in [3.63, 3.8) is 0 Å². The second-order valence-corrected chi connectivity index (χ2v) is 23.9. The van der Waals surface area contributed by atoms with Crippen molar-refractivity contribution < 1.29 is 100 Å². The molecular formula is C79H60Cl2F12N4O11. The van der Waals surface area contributed by atoms with E-state index in [-0.39, 0.29) is 70.1 Å². The summed E-state index contributed by atoms with van der Waals surface area (Å²) in [5, 5.41) is 0.249. The molecule has 0 saturated heterocycles. The van der Waals surface area contributed by atoms with E-state index in [1.807, 2.05) is 158 Å². The number of cyclic esters (lactones) is 2. The zero-order valence-electron chi connectivity index (χ0n) is 56.1. The molecule has 4 N–H and O–H groups in total. The number of Topliss-reactive ketones (excluding diaryl/α,β-unsaturated/α-hetero) is 3. The average molecular weight is 1540 g/mol. The molecule has 15 nitrogen and oxygen atoms in total. The Labute approximate surface area is 617 Å². The van der Waals surface area contributed by atoms with Crippen molar-refractivity contribution >= 4 is 69.1 Å². The van der Waals surface area contributed by atoms with Crippen LogP contribution in [0.2, 0.25) is 0 Å². The molecule has 29 heteroatoms. The lowest BCUT2D eigenvalue weighted by Gasteiger charge is -2.23. The van der Waals surface area contributed by atoms with Gasteiger partial charge in [0.1, 0.15) is 28.8 Å². The fraction of sp³-hybridized carbons (Fsp3) is 0.152. The quantitative estimate of drug-likeness (QED) is 0.0197. The van der Waals surface area contributed by atoms with Crippen LogP contribution in [-0.2, 0) is 27.2 Å². The van der Waals surface area contributed by atoms with Gasteiger partial charge < -0.3 is 35.2 Å². The zero-order valence-corrected chi connectivity index (χ0v) is 57.7. The Morgan fingerprint density at radius 3 is 1.27 bits per heavy atom. The molecular weight excluding hydrogens is 1480 g/mol. The molecule has 108 heavy (non-hydrogen) atoms. The predicted molar refractivity (Wildman–Crippen MR) is 378 cm³/mol. The first-order valence-electron chi connectivity index (χ1n) is 31.9. The minimum atomic E-state index is -4.85. The molecule has 560 valence electrons. The molecule has 0 bridgehead atoms. The maximum absolute atomic E-state index is 13.4. The molecule has 0 amide bonds. The van der Waals surface area contributed by atoms with Crippen molar-refractivity contribution in [3.05, 3.63) is 332 Å². The van der Waals surface area contributed by atoms with Gasteiger partial charge in [-0.3, -0.25) is 28.5 Å². The number of alkyl halides is 14. The molecule has 1 aliphatic carbocycles. The van der Waals surface area contributed by atoms with Gasteiger partial charge in [-0.25, -0.2) is 9.78 Å². The summed E-state index contributed by atoms with van der Waals surface area (Å²) in [7, 11) is 0. The summed E-state index contributed by atoms with van der Waals surface area (Å²) in [6.07, 6.45) is -19.5. The number of fused-ring (bicyclic) bond motifs is 3.